The SMILES string of the molecule is COCCC1CN(Cc2ccc3c(c2)OCCO3)CCO1. The molecule has 1 unspecified atom stereocenters. The Morgan fingerprint density at radius 2 is 2.05 bits per heavy atom. The van der Waals surface area contributed by atoms with Crippen molar-refractivity contribution < 1.29 is 18.9 Å². The zero-order valence-electron chi connectivity index (χ0n) is 12.5. The first kappa shape index (κ1) is 14.6. The van der Waals surface area contributed by atoms with Crippen LogP contribution in [-0.2, 0) is 16.0 Å². The number of fused-ring (bicyclic) bond motifs is 1. The summed E-state index contributed by atoms with van der Waals surface area (Å²) in [7, 11) is 1.73. The van der Waals surface area contributed by atoms with Gasteiger partial charge in [0, 0.05) is 33.4 Å². The van der Waals surface area contributed by atoms with Crippen molar-refractivity contribution in [3.05, 3.63) is 23.8 Å². The fraction of sp³-hybridized carbons (Fsp3) is 0.625. The van der Waals surface area contributed by atoms with E-state index in [1.165, 1.54) is 5.56 Å². The zero-order chi connectivity index (χ0) is 14.5. The Balaban J connectivity index is 1.58. The molecule has 116 valence electrons. The van der Waals surface area contributed by atoms with E-state index in [1.807, 2.05) is 6.07 Å². The highest BCUT2D eigenvalue weighted by Gasteiger charge is 2.21. The number of hydrogen-bond donors (Lipinski definition) is 0. The Kier molecular flexibility index (Phi) is 4.95. The first-order valence-electron chi connectivity index (χ1n) is 7.56. The average Bonchev–Trinajstić information content (AvgIpc) is 2.53. The number of hydrogen-bond acceptors (Lipinski definition) is 5. The number of methoxy groups -OCH3 is 1. The van der Waals surface area contributed by atoms with E-state index < -0.39 is 0 Å². The molecule has 0 radical (unpaired) electrons. The van der Waals surface area contributed by atoms with Crippen LogP contribution in [0.1, 0.15) is 12.0 Å². The van der Waals surface area contributed by atoms with Crippen LogP contribution < -0.4 is 9.47 Å². The Morgan fingerprint density at radius 1 is 1.19 bits per heavy atom. The molecular weight excluding hydrogens is 270 g/mol. The van der Waals surface area contributed by atoms with E-state index in [4.69, 9.17) is 18.9 Å². The summed E-state index contributed by atoms with van der Waals surface area (Å²) in [6.07, 6.45) is 1.23. The zero-order valence-corrected chi connectivity index (χ0v) is 12.5. The molecule has 0 aliphatic carbocycles. The largest absolute Gasteiger partial charge is 0.486 e. The van der Waals surface area contributed by atoms with Crippen LogP contribution in [0.5, 0.6) is 11.5 Å². The quantitative estimate of drug-likeness (QED) is 0.826. The van der Waals surface area contributed by atoms with Gasteiger partial charge in [-0.1, -0.05) is 6.07 Å². The van der Waals surface area contributed by atoms with Crippen LogP contribution in [0.25, 0.3) is 0 Å². The summed E-state index contributed by atoms with van der Waals surface area (Å²) in [5, 5.41) is 0. The molecule has 1 atom stereocenters. The third kappa shape index (κ3) is 3.87. The molecule has 0 N–H and O–H groups in total. The van der Waals surface area contributed by atoms with Crippen LogP contribution in [0.2, 0.25) is 0 Å². The second-order valence-electron chi connectivity index (χ2n) is 5.49. The standard InChI is InChI=1S/C16H23NO4/c1-18-6-4-14-12-17(5-7-19-14)11-13-2-3-15-16(10-13)21-9-8-20-15/h2-3,10,14H,4-9,11-12H2,1H3. The van der Waals surface area contributed by atoms with Crippen LogP contribution in [0.3, 0.4) is 0 Å². The highest BCUT2D eigenvalue weighted by atomic mass is 16.6. The molecule has 0 spiro atoms. The lowest BCUT2D eigenvalue weighted by Gasteiger charge is -2.33. The predicted octanol–water partition coefficient (Wildman–Crippen LogP) is 1.70. The molecule has 0 amide bonds. The lowest BCUT2D eigenvalue weighted by Crippen LogP contribution is -2.42. The summed E-state index contributed by atoms with van der Waals surface area (Å²) >= 11 is 0. The molecule has 1 fully saturated rings. The van der Waals surface area contributed by atoms with Gasteiger partial charge in [0.25, 0.3) is 0 Å². The third-order valence-electron chi connectivity index (χ3n) is 3.88. The monoisotopic (exact) mass is 293 g/mol. The minimum atomic E-state index is 0.274. The Bertz CT molecular complexity index is 466. The Morgan fingerprint density at radius 3 is 2.90 bits per heavy atom. The van der Waals surface area contributed by atoms with Crippen molar-refractivity contribution in [2.24, 2.45) is 0 Å². The maximum absolute atomic E-state index is 5.77. The van der Waals surface area contributed by atoms with Gasteiger partial charge in [-0.2, -0.15) is 0 Å². The summed E-state index contributed by atoms with van der Waals surface area (Å²) in [6, 6.07) is 6.22. The van der Waals surface area contributed by atoms with Crippen molar-refractivity contribution in [2.75, 3.05) is 46.6 Å². The number of ether oxygens (including phenoxy) is 4. The van der Waals surface area contributed by atoms with E-state index in [0.29, 0.717) is 13.2 Å². The first-order chi connectivity index (χ1) is 10.3. The van der Waals surface area contributed by atoms with E-state index in [2.05, 4.69) is 17.0 Å². The highest BCUT2D eigenvalue weighted by molar-refractivity contribution is 5.43. The molecular formula is C16H23NO4. The number of nitrogens with zero attached hydrogens (tertiary/aromatic N) is 1. The Hall–Kier alpha value is -1.30. The van der Waals surface area contributed by atoms with Crippen LogP contribution in [-0.4, -0.2) is 57.6 Å². The predicted molar refractivity (Wildman–Crippen MR) is 78.9 cm³/mol. The first-order valence-corrected chi connectivity index (χ1v) is 7.56. The molecule has 0 bridgehead atoms. The van der Waals surface area contributed by atoms with E-state index in [-0.39, 0.29) is 6.10 Å². The average molecular weight is 293 g/mol. The minimum absolute atomic E-state index is 0.274. The van der Waals surface area contributed by atoms with E-state index in [1.54, 1.807) is 7.11 Å². The second kappa shape index (κ2) is 7.11. The summed E-state index contributed by atoms with van der Waals surface area (Å²) < 4.78 is 22.1. The third-order valence-corrected chi connectivity index (χ3v) is 3.88. The van der Waals surface area contributed by atoms with Gasteiger partial charge in [-0.05, 0) is 24.1 Å². The number of rotatable bonds is 5. The van der Waals surface area contributed by atoms with Crippen molar-refractivity contribution in [2.45, 2.75) is 19.1 Å². The molecule has 1 aromatic carbocycles. The molecule has 21 heavy (non-hydrogen) atoms. The molecule has 3 rings (SSSR count). The smallest absolute Gasteiger partial charge is 0.161 e. The fourth-order valence-corrected chi connectivity index (χ4v) is 2.79. The molecule has 5 nitrogen and oxygen atoms in total. The molecule has 5 heteroatoms. The van der Waals surface area contributed by atoms with Gasteiger partial charge in [0.2, 0.25) is 0 Å². The number of morpholine rings is 1. The lowest BCUT2D eigenvalue weighted by molar-refractivity contribution is -0.0432. The van der Waals surface area contributed by atoms with Gasteiger partial charge >= 0.3 is 0 Å². The highest BCUT2D eigenvalue weighted by Crippen LogP contribution is 2.31. The number of benzene rings is 1. The Labute approximate surface area is 125 Å². The molecule has 2 aliphatic rings. The lowest BCUT2D eigenvalue weighted by atomic mass is 10.1. The normalized spacial score (nSPS) is 22.2. The molecule has 2 aliphatic heterocycles. The maximum Gasteiger partial charge on any atom is 0.161 e. The van der Waals surface area contributed by atoms with Crippen LogP contribution in [0, 0.1) is 0 Å². The van der Waals surface area contributed by atoms with Crippen LogP contribution in [0.15, 0.2) is 18.2 Å². The minimum Gasteiger partial charge on any atom is -0.486 e. The summed E-state index contributed by atoms with van der Waals surface area (Å²) in [4.78, 5) is 2.43. The topological polar surface area (TPSA) is 40.2 Å². The van der Waals surface area contributed by atoms with Crippen molar-refractivity contribution in [1.82, 2.24) is 4.90 Å². The van der Waals surface area contributed by atoms with Crippen molar-refractivity contribution in [3.63, 3.8) is 0 Å². The molecule has 2 heterocycles. The van der Waals surface area contributed by atoms with Crippen molar-refractivity contribution in [3.8, 4) is 11.5 Å². The second-order valence-corrected chi connectivity index (χ2v) is 5.49. The van der Waals surface area contributed by atoms with E-state index in [0.717, 1.165) is 50.8 Å². The van der Waals surface area contributed by atoms with E-state index >= 15 is 0 Å². The summed E-state index contributed by atoms with van der Waals surface area (Å²) in [5.41, 5.74) is 1.26. The van der Waals surface area contributed by atoms with Crippen LogP contribution in [0.4, 0.5) is 0 Å². The summed E-state index contributed by atoms with van der Waals surface area (Å²) in [6.45, 7) is 5.66. The summed E-state index contributed by atoms with van der Waals surface area (Å²) in [5.74, 6) is 1.72. The molecule has 0 saturated carbocycles. The molecule has 1 aromatic rings. The van der Waals surface area contributed by atoms with E-state index in [9.17, 15) is 0 Å². The van der Waals surface area contributed by atoms with Gasteiger partial charge < -0.3 is 18.9 Å². The molecule has 1 saturated heterocycles. The van der Waals surface area contributed by atoms with Crippen molar-refractivity contribution >= 4 is 0 Å². The van der Waals surface area contributed by atoms with Crippen molar-refractivity contribution in [1.29, 1.82) is 0 Å². The van der Waals surface area contributed by atoms with Gasteiger partial charge in [0.05, 0.1) is 12.7 Å². The maximum atomic E-state index is 5.77. The van der Waals surface area contributed by atoms with Gasteiger partial charge in [0.15, 0.2) is 11.5 Å². The van der Waals surface area contributed by atoms with Gasteiger partial charge in [-0.15, -0.1) is 0 Å². The fourth-order valence-electron chi connectivity index (χ4n) is 2.79. The van der Waals surface area contributed by atoms with Gasteiger partial charge in [0.1, 0.15) is 13.2 Å². The van der Waals surface area contributed by atoms with Gasteiger partial charge in [-0.3, -0.25) is 4.90 Å². The van der Waals surface area contributed by atoms with Gasteiger partial charge in [-0.25, -0.2) is 0 Å². The van der Waals surface area contributed by atoms with Crippen LogP contribution >= 0.6 is 0 Å². The molecule has 0 aromatic heterocycles.